The molecule has 18 nitrogen and oxygen atoms in total. The Bertz CT molecular complexity index is 4510. The molecule has 0 saturated heterocycles. The molecule has 106 heavy (non-hydrogen) atoms. The second kappa shape index (κ2) is 34.0. The number of carbonyl (C=O) groups is 1. The van der Waals surface area contributed by atoms with Crippen molar-refractivity contribution >= 4 is 26.2 Å². The lowest BCUT2D eigenvalue weighted by Gasteiger charge is -2.36. The van der Waals surface area contributed by atoms with Crippen molar-refractivity contribution in [2.24, 2.45) is 0 Å². The number of fused-ring (bicyclic) bond motifs is 4. The van der Waals surface area contributed by atoms with Crippen molar-refractivity contribution in [1.82, 2.24) is 0 Å². The molecule has 4 heterocycles. The Morgan fingerprint density at radius 1 is 0.368 bits per heavy atom. The third-order valence-electron chi connectivity index (χ3n) is 21.5. The number of hydrogen-bond donors (Lipinski definition) is 6. The van der Waals surface area contributed by atoms with Gasteiger partial charge in [-0.15, -0.1) is 0 Å². The van der Waals surface area contributed by atoms with Gasteiger partial charge in [0.2, 0.25) is 5.60 Å². The number of aliphatic hydroxyl groups is 1. The summed E-state index contributed by atoms with van der Waals surface area (Å²) < 4.78 is 89.5. The fraction of sp³-hybridized carbons (Fsp3) is 0.430. The number of carbonyl (C=O) groups excluding carboxylic acids is 1. The van der Waals surface area contributed by atoms with E-state index in [9.17, 15) is 42.1 Å². The van der Waals surface area contributed by atoms with Crippen molar-refractivity contribution in [1.29, 1.82) is 0 Å². The number of phenolic OH excluding ortho intramolecular Hbond substituents is 5. The fourth-order valence-electron chi connectivity index (χ4n) is 12.6. The highest BCUT2D eigenvalue weighted by Crippen LogP contribution is 2.44. The molecule has 8 aromatic carbocycles. The van der Waals surface area contributed by atoms with Gasteiger partial charge in [0.15, 0.2) is 0 Å². The zero-order chi connectivity index (χ0) is 79.1. The molecule has 0 saturated carbocycles. The lowest BCUT2D eigenvalue weighted by Crippen LogP contribution is -2.45. The summed E-state index contributed by atoms with van der Waals surface area (Å²) in [7, 11) is -6.23. The van der Waals surface area contributed by atoms with Crippen molar-refractivity contribution in [2.75, 3.05) is 26.9 Å². The van der Waals surface area contributed by atoms with Crippen molar-refractivity contribution in [3.63, 3.8) is 0 Å². The number of methoxy groups -OCH3 is 1. The van der Waals surface area contributed by atoms with E-state index in [-0.39, 0.29) is 52.8 Å². The summed E-state index contributed by atoms with van der Waals surface area (Å²) in [5.41, 5.74) is 19.1. The van der Waals surface area contributed by atoms with E-state index in [2.05, 4.69) is 46.8 Å². The maximum Gasteiger partial charge on any atom is 0.349 e. The van der Waals surface area contributed by atoms with Gasteiger partial charge in [0.05, 0.1) is 23.5 Å². The van der Waals surface area contributed by atoms with Gasteiger partial charge in [0.25, 0.3) is 20.2 Å². The van der Waals surface area contributed by atoms with Crippen LogP contribution in [0.4, 0.5) is 0 Å². The van der Waals surface area contributed by atoms with Crippen LogP contribution in [0, 0.1) is 118 Å². The maximum atomic E-state index is 12.5. The second-order valence-corrected chi connectivity index (χ2v) is 33.1. The van der Waals surface area contributed by atoms with Gasteiger partial charge in [-0.25, -0.2) is 4.79 Å². The van der Waals surface area contributed by atoms with E-state index in [1.807, 2.05) is 96.1 Å². The third-order valence-corrected chi connectivity index (χ3v) is 24.1. The molecule has 20 heteroatoms. The topological polar surface area (TPSA) is 271 Å². The number of ether oxygens (including phenoxy) is 5. The summed E-state index contributed by atoms with van der Waals surface area (Å²) >= 11 is 0. The van der Waals surface area contributed by atoms with Crippen LogP contribution in [0.1, 0.15) is 170 Å². The molecule has 4 aliphatic rings. The largest absolute Gasteiger partial charge is 0.508 e. The normalized spacial score (nSPS) is 18.9. The summed E-state index contributed by atoms with van der Waals surface area (Å²) in [6.45, 7) is 40.8. The van der Waals surface area contributed by atoms with Crippen molar-refractivity contribution in [2.45, 2.75) is 229 Å². The summed E-state index contributed by atoms with van der Waals surface area (Å²) in [5.74, 6) is 4.41. The number of hydrogen-bond acceptors (Lipinski definition) is 18. The van der Waals surface area contributed by atoms with Crippen LogP contribution in [-0.4, -0.2) is 103 Å². The summed E-state index contributed by atoms with van der Waals surface area (Å²) in [4.78, 5) is 12.1. The fourth-order valence-corrected chi connectivity index (χ4v) is 14.6. The molecular formula is C86H110O18S2. The quantitative estimate of drug-likeness (QED) is 0.0422. The number of aliphatic hydroxyl groups excluding tert-OH is 1. The van der Waals surface area contributed by atoms with Gasteiger partial charge < -0.3 is 54.3 Å². The average molecular weight is 1500 g/mol. The van der Waals surface area contributed by atoms with Gasteiger partial charge in [-0.1, -0.05) is 53.6 Å². The first-order chi connectivity index (χ1) is 49.3. The molecule has 0 fully saturated rings. The van der Waals surface area contributed by atoms with Gasteiger partial charge in [0.1, 0.15) is 81.8 Å². The second-order valence-electron chi connectivity index (χ2n) is 29.8. The highest BCUT2D eigenvalue weighted by atomic mass is 32.2. The van der Waals surface area contributed by atoms with Gasteiger partial charge in [-0.3, -0.25) is 8.37 Å². The van der Waals surface area contributed by atoms with Crippen LogP contribution >= 0.6 is 0 Å². The van der Waals surface area contributed by atoms with Crippen LogP contribution in [0.3, 0.4) is 0 Å². The molecule has 12 rings (SSSR count). The summed E-state index contributed by atoms with van der Waals surface area (Å²) in [5, 5.41) is 56.5. The summed E-state index contributed by atoms with van der Waals surface area (Å²) in [6.07, 6.45) is 5.98. The maximum absolute atomic E-state index is 12.5. The van der Waals surface area contributed by atoms with Gasteiger partial charge in [0, 0.05) is 6.42 Å². The molecule has 0 spiro atoms. The number of phenols is 5. The molecule has 0 bridgehead atoms. The minimum Gasteiger partial charge on any atom is -0.508 e. The standard InChI is InChI=1S/C21H26O4S.C20H24O5S.C15H20O3.C13H18O3.C9H12O.C8H10O2/c1-14-6-8-19(9-7-14)26(22,23)24-13-21(5)11-10-18-12-15(2)16(3)17(4)20(18)25-21;1-13-5-7-17(8-6-13)26(22,23)24-12-20(4)10-9-16-11-18(21)14(2)15(3)19(16)25-20;1-9-8-12-6-7-15(4,14(16)17-5)18-13(12)11(3)10(9)2;1-8-9(2)12-10(6-11(8)15)4-5-13(3,7-14)16-12;1-6-4-5-9(10)8(3)7(6)2;1-5-6(2)8(10)4-3-7(5)9/h6-9,12H,10-11,13H2,1-5H3;5-8,11,21H,9-10,12H2,1-4H3;8H,6-7H2,1-5H3;6,14-15H,4-5,7H2,1-3H3;4-5,10H,1-3H3;3-4,9-10H,1-2H3/t21-;20-;;;;/m00..../s1. The van der Waals surface area contributed by atoms with E-state index >= 15 is 0 Å². The first-order valence-electron chi connectivity index (χ1n) is 35.8. The lowest BCUT2D eigenvalue weighted by molar-refractivity contribution is -0.159. The number of esters is 1. The Hall–Kier alpha value is -8.79. The first-order valence-corrected chi connectivity index (χ1v) is 38.6. The van der Waals surface area contributed by atoms with Gasteiger partial charge >= 0.3 is 5.97 Å². The Labute approximate surface area is 628 Å². The van der Waals surface area contributed by atoms with Crippen LogP contribution in [0.15, 0.2) is 107 Å². The molecule has 4 aliphatic heterocycles. The Kier molecular flexibility index (Phi) is 27.1. The highest BCUT2D eigenvalue weighted by molar-refractivity contribution is 7.87. The summed E-state index contributed by atoms with van der Waals surface area (Å²) in [6, 6.07) is 27.7. The predicted molar refractivity (Wildman–Crippen MR) is 415 cm³/mol. The van der Waals surface area contributed by atoms with Crippen molar-refractivity contribution in [3.8, 4) is 51.7 Å². The molecule has 4 atom stereocenters. The monoisotopic (exact) mass is 1490 g/mol. The molecule has 0 aromatic heterocycles. The number of benzene rings is 8. The molecule has 0 radical (unpaired) electrons. The third kappa shape index (κ3) is 19.9. The molecular weight excluding hydrogens is 1390 g/mol. The van der Waals surface area contributed by atoms with Gasteiger partial charge in [-0.2, -0.15) is 16.8 Å². The molecule has 8 aromatic rings. The Morgan fingerprint density at radius 2 is 0.660 bits per heavy atom. The van der Waals surface area contributed by atoms with Crippen LogP contribution in [0.5, 0.6) is 51.7 Å². The van der Waals surface area contributed by atoms with E-state index in [4.69, 9.17) is 42.3 Å². The zero-order valence-electron chi connectivity index (χ0n) is 65.9. The molecule has 574 valence electrons. The van der Waals surface area contributed by atoms with Crippen LogP contribution in [0.2, 0.25) is 0 Å². The van der Waals surface area contributed by atoms with E-state index in [1.165, 1.54) is 63.8 Å². The van der Waals surface area contributed by atoms with E-state index in [1.54, 1.807) is 87.5 Å². The van der Waals surface area contributed by atoms with Crippen LogP contribution in [-0.2, 0) is 63.8 Å². The molecule has 2 unspecified atom stereocenters. The zero-order valence-corrected chi connectivity index (χ0v) is 67.5. The number of aromatic hydroxyl groups is 5. The van der Waals surface area contributed by atoms with E-state index in [0.717, 1.165) is 115 Å². The Morgan fingerprint density at radius 3 is 1.02 bits per heavy atom. The highest BCUT2D eigenvalue weighted by Gasteiger charge is 2.42. The molecule has 0 aliphatic carbocycles. The average Bonchev–Trinajstić information content (AvgIpc) is 0.803. The van der Waals surface area contributed by atoms with Gasteiger partial charge in [-0.05, 0) is 351 Å². The smallest absolute Gasteiger partial charge is 0.349 e. The minimum atomic E-state index is -3.84. The van der Waals surface area contributed by atoms with E-state index in [0.29, 0.717) is 42.9 Å². The van der Waals surface area contributed by atoms with E-state index < -0.39 is 42.6 Å². The lowest BCUT2D eigenvalue weighted by atomic mass is 9.89. The van der Waals surface area contributed by atoms with Crippen LogP contribution < -0.4 is 18.9 Å². The number of aryl methyl sites for hydroxylation is 9. The molecule has 0 amide bonds. The minimum absolute atomic E-state index is 0.00495. The number of rotatable bonds is 10. The van der Waals surface area contributed by atoms with Crippen molar-refractivity contribution in [3.05, 3.63) is 214 Å². The predicted octanol–water partition coefficient (Wildman–Crippen LogP) is 17.2. The SMILES string of the molecule is COC(=O)C1(C)CCc2cc(C)c(C)c(C)c2O1.Cc1c(O)cc2c(c1C)OC(C)(CO)CC2.Cc1c(O)ccc(O)c1C.Cc1ccc(O)c(C)c1C.Cc1ccc(S(=O)(=O)OC[C@]2(C)CCc3cc(C)c(C)c(C)c3O2)cc1.Cc1ccc(S(=O)(=O)OC[C@]2(C)CCc3cc(O)c(C)c(C)c3O2)cc1. The van der Waals surface area contributed by atoms with Crippen LogP contribution in [0.25, 0.3) is 0 Å². The molecule has 6 N–H and O–H groups in total. The Balaban J connectivity index is 0.000000184. The first kappa shape index (κ1) is 84.5. The van der Waals surface area contributed by atoms with Crippen molar-refractivity contribution < 1.29 is 84.3 Å².